The molecule has 4 rings (SSSR count). The molecule has 0 radical (unpaired) electrons. The zero-order chi connectivity index (χ0) is 24.9. The van der Waals surface area contributed by atoms with Crippen LogP contribution >= 0.6 is 11.8 Å². The van der Waals surface area contributed by atoms with Gasteiger partial charge in [0, 0.05) is 29.8 Å². The van der Waals surface area contributed by atoms with Crippen LogP contribution in [0.1, 0.15) is 28.7 Å². The molecule has 3 N–H and O–H groups in total. The zero-order valence-corrected chi connectivity index (χ0v) is 18.2. The van der Waals surface area contributed by atoms with E-state index in [9.17, 15) is 31.1 Å². The minimum Gasteiger partial charge on any atom is -0.379 e. The number of nitrogens with zero attached hydrogens (tertiary/aromatic N) is 3. The third kappa shape index (κ3) is 4.43. The Morgan fingerprint density at radius 2 is 1.97 bits per heavy atom. The number of benzene rings is 1. The van der Waals surface area contributed by atoms with Crippen molar-refractivity contribution in [2.24, 2.45) is 16.6 Å². The van der Waals surface area contributed by atoms with Gasteiger partial charge in [-0.15, -0.1) is 0 Å². The third-order valence-electron chi connectivity index (χ3n) is 5.53. The van der Waals surface area contributed by atoms with Gasteiger partial charge in [0.1, 0.15) is 22.7 Å². The monoisotopic (exact) mass is 505 g/mol. The Morgan fingerprint density at radius 1 is 1.24 bits per heavy atom. The van der Waals surface area contributed by atoms with E-state index < -0.39 is 53.7 Å². The molecular weight excluding hydrogens is 488 g/mol. The molecule has 7 nitrogen and oxygen atoms in total. The summed E-state index contributed by atoms with van der Waals surface area (Å²) in [6.45, 7) is 0.0636. The van der Waals surface area contributed by atoms with Gasteiger partial charge in [0.25, 0.3) is 11.8 Å². The molecule has 34 heavy (non-hydrogen) atoms. The van der Waals surface area contributed by atoms with E-state index in [0.29, 0.717) is 6.92 Å². The molecule has 0 spiro atoms. The molecule has 0 unspecified atom stereocenters. The molecule has 0 bridgehead atoms. The second kappa shape index (κ2) is 8.41. The number of nitrogens with two attached hydrogens (primary N) is 1. The second-order valence-electron chi connectivity index (χ2n) is 7.89. The highest BCUT2D eigenvalue weighted by atomic mass is 32.2. The number of halogens is 6. The molecule has 0 aliphatic carbocycles. The largest absolute Gasteiger partial charge is 0.415 e. The average Bonchev–Trinajstić information content (AvgIpc) is 3.14. The van der Waals surface area contributed by atoms with Crippen LogP contribution < -0.4 is 11.1 Å². The van der Waals surface area contributed by atoms with E-state index in [1.807, 2.05) is 0 Å². The van der Waals surface area contributed by atoms with Crippen LogP contribution in [0.15, 0.2) is 35.6 Å². The number of amides is 1. The maximum Gasteiger partial charge on any atom is 0.415 e. The van der Waals surface area contributed by atoms with Gasteiger partial charge in [-0.25, -0.2) is 14.4 Å². The Labute approximate surface area is 193 Å². The topological polar surface area (TPSA) is 102 Å². The van der Waals surface area contributed by atoms with E-state index >= 15 is 0 Å². The lowest BCUT2D eigenvalue weighted by molar-refractivity contribution is -0.215. The number of carbonyl (C=O) groups is 1. The first-order valence-corrected chi connectivity index (χ1v) is 10.8. The van der Waals surface area contributed by atoms with Crippen molar-refractivity contribution >= 4 is 28.5 Å². The van der Waals surface area contributed by atoms with E-state index in [1.54, 1.807) is 0 Å². The Balaban J connectivity index is 1.66. The van der Waals surface area contributed by atoms with Crippen LogP contribution in [0.5, 0.6) is 0 Å². The van der Waals surface area contributed by atoms with Crippen molar-refractivity contribution in [1.29, 1.82) is 0 Å². The van der Waals surface area contributed by atoms with Crippen molar-refractivity contribution < 1.29 is 35.9 Å². The van der Waals surface area contributed by atoms with Gasteiger partial charge in [-0.3, -0.25) is 9.78 Å². The number of aliphatic imine (C=N–C) groups is 1. The molecule has 1 amide bonds. The van der Waals surface area contributed by atoms with Crippen LogP contribution in [0.3, 0.4) is 0 Å². The zero-order valence-electron chi connectivity index (χ0n) is 17.4. The lowest BCUT2D eigenvalue weighted by Crippen LogP contribution is -2.46. The van der Waals surface area contributed by atoms with E-state index in [1.165, 1.54) is 6.07 Å². The third-order valence-corrected chi connectivity index (χ3v) is 6.44. The summed E-state index contributed by atoms with van der Waals surface area (Å²) >= 11 is 0.915. The summed E-state index contributed by atoms with van der Waals surface area (Å²) < 4.78 is 87.1. The number of thioether (sulfide) groups is 1. The van der Waals surface area contributed by atoms with Crippen molar-refractivity contribution in [1.82, 2.24) is 9.97 Å². The molecule has 1 aromatic heterocycles. The van der Waals surface area contributed by atoms with Crippen LogP contribution in [0.4, 0.5) is 32.0 Å². The molecule has 1 fully saturated rings. The molecule has 2 aromatic rings. The van der Waals surface area contributed by atoms with Crippen LogP contribution in [0.2, 0.25) is 0 Å². The first kappa shape index (κ1) is 24.3. The van der Waals surface area contributed by atoms with Gasteiger partial charge in [-0.1, -0.05) is 11.8 Å². The summed E-state index contributed by atoms with van der Waals surface area (Å²) in [7, 11) is 0. The van der Waals surface area contributed by atoms with Gasteiger partial charge >= 0.3 is 6.18 Å². The fourth-order valence-electron chi connectivity index (χ4n) is 3.90. The number of carbonyl (C=O) groups excluding carboxylic acids is 1. The lowest BCUT2D eigenvalue weighted by atomic mass is 9.78. The van der Waals surface area contributed by atoms with Gasteiger partial charge in [0.2, 0.25) is 0 Å². The van der Waals surface area contributed by atoms with Gasteiger partial charge < -0.3 is 15.8 Å². The number of anilines is 1. The highest BCUT2D eigenvalue weighted by Crippen LogP contribution is 2.52. The van der Waals surface area contributed by atoms with Gasteiger partial charge in [0.15, 0.2) is 11.3 Å². The minimum absolute atomic E-state index is 0.0143. The average molecular weight is 505 g/mol. The maximum absolute atomic E-state index is 14.9. The summed E-state index contributed by atoms with van der Waals surface area (Å²) in [5.41, 5.74) is 2.89. The number of hydrogen-bond acceptors (Lipinski definition) is 7. The highest BCUT2D eigenvalue weighted by Gasteiger charge is 2.62. The van der Waals surface area contributed by atoms with E-state index in [4.69, 9.17) is 10.5 Å². The number of fused-ring (bicyclic) bond motifs is 1. The normalized spacial score (nSPS) is 25.0. The predicted octanol–water partition coefficient (Wildman–Crippen LogP) is 3.81. The second-order valence-corrected chi connectivity index (χ2v) is 8.93. The van der Waals surface area contributed by atoms with Crippen LogP contribution in [-0.4, -0.2) is 45.7 Å². The van der Waals surface area contributed by atoms with Crippen molar-refractivity contribution in [2.45, 2.75) is 30.7 Å². The van der Waals surface area contributed by atoms with Crippen LogP contribution in [0.25, 0.3) is 0 Å². The Kier molecular flexibility index (Phi) is 6.00. The molecule has 14 heteroatoms. The first-order valence-electron chi connectivity index (χ1n) is 9.79. The number of nitrogens with one attached hydrogen (secondary N) is 1. The minimum atomic E-state index is -4.70. The molecule has 1 aromatic carbocycles. The van der Waals surface area contributed by atoms with Crippen LogP contribution in [-0.2, 0) is 16.2 Å². The Morgan fingerprint density at radius 3 is 2.59 bits per heavy atom. The molecule has 0 saturated carbocycles. The summed E-state index contributed by atoms with van der Waals surface area (Å²) in [6, 6.07) is 3.31. The fourth-order valence-corrected chi connectivity index (χ4v) is 4.93. The van der Waals surface area contributed by atoms with Crippen molar-refractivity contribution in [3.8, 4) is 0 Å². The molecule has 182 valence electrons. The standard InChI is InChI=1S/C20H17F6N5O2S/c1-18(22,23)14-6-28-13(5-29-14)16(32)30-9-2-3-12(21)10(4-9)19-8-33-15(20(24,25)26)11(19)7-34-17(27)31-19/h2-6,11,15H,7-8H2,1H3,(H2,27,31)(H,30,32)/t11-,15+,19-/m1/s1. The quantitative estimate of drug-likeness (QED) is 0.613. The predicted molar refractivity (Wildman–Crippen MR) is 111 cm³/mol. The van der Waals surface area contributed by atoms with E-state index in [0.717, 1.165) is 36.3 Å². The molecule has 2 aliphatic heterocycles. The summed E-state index contributed by atoms with van der Waals surface area (Å²) in [5.74, 6) is -6.30. The number of hydrogen-bond donors (Lipinski definition) is 2. The summed E-state index contributed by atoms with van der Waals surface area (Å²) in [4.78, 5) is 23.8. The SMILES string of the molecule is CC(F)(F)c1cnc(C(=O)Nc2ccc(F)c([C@]34CO[C@H](C(F)(F)F)[C@H]3CSC(N)=N4)c2)cn1. The number of rotatable bonds is 4. The molecular formula is C20H17F6N5O2S. The summed E-state index contributed by atoms with van der Waals surface area (Å²) in [6.07, 6.45) is -5.26. The first-order chi connectivity index (χ1) is 15.8. The molecule has 3 atom stereocenters. The molecule has 3 heterocycles. The van der Waals surface area contributed by atoms with Gasteiger partial charge in [-0.05, 0) is 18.2 Å². The maximum atomic E-state index is 14.9. The number of alkyl halides is 5. The number of aromatic nitrogens is 2. The fraction of sp³-hybridized carbons (Fsp3) is 0.400. The smallest absolute Gasteiger partial charge is 0.379 e. The highest BCUT2D eigenvalue weighted by molar-refractivity contribution is 8.13. The summed E-state index contributed by atoms with van der Waals surface area (Å²) in [5, 5.41) is 2.39. The van der Waals surface area contributed by atoms with Crippen LogP contribution in [0, 0.1) is 11.7 Å². The Hall–Kier alpha value is -2.87. The number of amidine groups is 1. The molecule has 2 aliphatic rings. The Bertz CT molecular complexity index is 1140. The van der Waals surface area contributed by atoms with E-state index in [-0.39, 0.29) is 27.9 Å². The number of ether oxygens (including phenoxy) is 1. The lowest BCUT2D eigenvalue weighted by Gasteiger charge is -2.36. The van der Waals surface area contributed by atoms with Gasteiger partial charge in [-0.2, -0.15) is 22.0 Å². The van der Waals surface area contributed by atoms with E-state index in [2.05, 4.69) is 20.3 Å². The van der Waals surface area contributed by atoms with Crippen molar-refractivity contribution in [2.75, 3.05) is 17.7 Å². The molecule has 1 saturated heterocycles. The van der Waals surface area contributed by atoms with Gasteiger partial charge in [0.05, 0.1) is 19.0 Å². The van der Waals surface area contributed by atoms with Crippen molar-refractivity contribution in [3.05, 3.63) is 53.4 Å². The van der Waals surface area contributed by atoms with Crippen molar-refractivity contribution in [3.63, 3.8) is 0 Å².